The van der Waals surface area contributed by atoms with Gasteiger partial charge in [-0.3, -0.25) is 9.09 Å². The van der Waals surface area contributed by atoms with Gasteiger partial charge in [0.05, 0.1) is 19.0 Å². The predicted molar refractivity (Wildman–Crippen MR) is 102 cm³/mol. The van der Waals surface area contributed by atoms with Crippen LogP contribution < -0.4 is 11.5 Å². The van der Waals surface area contributed by atoms with Gasteiger partial charge in [-0.25, -0.2) is 28.6 Å². The number of aromatic nitrogens is 4. The largest absolute Gasteiger partial charge is 0.490 e. The number of nitrogen functional groups attached to an aromatic ring is 1. The molecule has 0 spiro atoms. The van der Waals surface area contributed by atoms with Crippen LogP contribution in [-0.4, -0.2) is 69.6 Å². The van der Waals surface area contributed by atoms with Gasteiger partial charge in [0, 0.05) is 12.5 Å². The zero-order chi connectivity index (χ0) is 23.9. The summed E-state index contributed by atoms with van der Waals surface area (Å²) in [6.07, 6.45) is -1.05. The Labute approximate surface area is 178 Å². The molecule has 21 heteroatoms. The summed E-state index contributed by atoms with van der Waals surface area (Å²) in [6, 6.07) is 0. The van der Waals surface area contributed by atoms with E-state index in [4.69, 9.17) is 26.0 Å². The van der Waals surface area contributed by atoms with Crippen LogP contribution in [0.15, 0.2) is 12.7 Å². The molecular weight excluding hydrogens is 501 g/mol. The van der Waals surface area contributed by atoms with Crippen LogP contribution in [0.25, 0.3) is 11.2 Å². The molecule has 9 N–H and O–H groups in total. The molecule has 1 saturated heterocycles. The third-order valence-corrected chi connectivity index (χ3v) is 8.08. The Morgan fingerprint density at radius 3 is 2.41 bits per heavy atom. The molecule has 0 saturated carbocycles. The number of ether oxygens (including phenoxy) is 1. The predicted octanol–water partition coefficient (Wildman–Crippen LogP) is -1.42. The highest BCUT2D eigenvalue weighted by Gasteiger charge is 2.47. The van der Waals surface area contributed by atoms with Gasteiger partial charge in [0.25, 0.3) is 0 Å². The fourth-order valence-electron chi connectivity index (χ4n) is 3.00. The summed E-state index contributed by atoms with van der Waals surface area (Å²) in [6.45, 7) is -0.936. The van der Waals surface area contributed by atoms with E-state index < -0.39 is 54.4 Å². The fourth-order valence-corrected chi connectivity index (χ4v) is 6.03. The van der Waals surface area contributed by atoms with E-state index in [1.807, 2.05) is 0 Å². The molecule has 2 aromatic heterocycles. The number of fused-ring (bicyclic) bond motifs is 1. The molecule has 0 aromatic carbocycles. The van der Waals surface area contributed by atoms with Crippen LogP contribution in [0.5, 0.6) is 0 Å². The Kier molecular flexibility index (Phi) is 7.20. The van der Waals surface area contributed by atoms with E-state index in [9.17, 15) is 28.6 Å². The lowest BCUT2D eigenvalue weighted by atomic mass is 9.99. The average Bonchev–Trinajstić information content (AvgIpc) is 3.18. The molecule has 18 nitrogen and oxygen atoms in total. The lowest BCUT2D eigenvalue weighted by Gasteiger charge is -2.20. The van der Waals surface area contributed by atoms with Crippen molar-refractivity contribution in [3.8, 4) is 0 Å². The number of hydrogen-bond donors (Lipinski definition) is 7. The number of hydrogen-bond acceptors (Lipinski definition) is 13. The molecule has 0 aliphatic carbocycles. The molecule has 3 rings (SSSR count). The van der Waals surface area contributed by atoms with E-state index in [0.29, 0.717) is 0 Å². The molecule has 3 heterocycles. The Morgan fingerprint density at radius 1 is 1.09 bits per heavy atom. The maximum absolute atomic E-state index is 11.9. The van der Waals surface area contributed by atoms with E-state index in [-0.39, 0.29) is 23.5 Å². The van der Waals surface area contributed by atoms with E-state index in [1.165, 1.54) is 17.2 Å². The summed E-state index contributed by atoms with van der Waals surface area (Å²) in [4.78, 5) is 47.7. The monoisotopic (exact) mass is 520 g/mol. The van der Waals surface area contributed by atoms with Crippen LogP contribution in [0.3, 0.4) is 0 Å². The standard InChI is InChI=1S/C11H19N6O12P3/c12-1-5-6(2-26-31(22,23)29-32(24,25)28-30(19,20)21)27-11(8(5)18)17-4-16-7-9(13)14-3-15-10(7)17/h3-6,8,11,18H,1-2,12H2,(H,22,23)(H,24,25)(H2,13,14,15)(H2,19,20,21). The zero-order valence-electron chi connectivity index (χ0n) is 15.8. The summed E-state index contributed by atoms with van der Waals surface area (Å²) >= 11 is 0. The lowest BCUT2D eigenvalue weighted by Crippen LogP contribution is -2.34. The van der Waals surface area contributed by atoms with Crippen molar-refractivity contribution >= 4 is 40.4 Å². The Hall–Kier alpha value is -1.36. The zero-order valence-corrected chi connectivity index (χ0v) is 18.4. The number of rotatable bonds is 9. The van der Waals surface area contributed by atoms with Crippen molar-refractivity contribution in [2.45, 2.75) is 18.4 Å². The Balaban J connectivity index is 1.73. The summed E-state index contributed by atoms with van der Waals surface area (Å²) in [5, 5.41) is 10.6. The minimum absolute atomic E-state index is 0.0841. The maximum atomic E-state index is 11.9. The molecular formula is C11H19N6O12P3. The topological polar surface area (TPSA) is 285 Å². The van der Waals surface area contributed by atoms with Crippen molar-refractivity contribution in [2.75, 3.05) is 18.9 Å². The second-order valence-electron chi connectivity index (χ2n) is 6.42. The quantitative estimate of drug-likeness (QED) is 0.187. The van der Waals surface area contributed by atoms with Crippen molar-refractivity contribution in [2.24, 2.45) is 11.7 Å². The highest BCUT2D eigenvalue weighted by molar-refractivity contribution is 7.66. The first-order valence-electron chi connectivity index (χ1n) is 8.48. The number of phosphoric ester groups is 1. The molecule has 6 atom stereocenters. The molecule has 1 aliphatic heterocycles. The van der Waals surface area contributed by atoms with Gasteiger partial charge >= 0.3 is 23.5 Å². The van der Waals surface area contributed by atoms with Crippen LogP contribution in [-0.2, 0) is 31.6 Å². The van der Waals surface area contributed by atoms with Crippen LogP contribution in [0, 0.1) is 5.92 Å². The van der Waals surface area contributed by atoms with Gasteiger partial charge in [0.2, 0.25) is 0 Å². The smallest absolute Gasteiger partial charge is 0.388 e. The summed E-state index contributed by atoms with van der Waals surface area (Å²) < 4.78 is 52.8. The number of nitrogens with two attached hydrogens (primary N) is 2. The van der Waals surface area contributed by atoms with E-state index in [1.54, 1.807) is 0 Å². The van der Waals surface area contributed by atoms with Gasteiger partial charge in [-0.15, -0.1) is 0 Å². The van der Waals surface area contributed by atoms with Crippen LogP contribution in [0.4, 0.5) is 5.82 Å². The fraction of sp³-hybridized carbons (Fsp3) is 0.545. The normalized spacial score (nSPS) is 27.9. The van der Waals surface area contributed by atoms with Gasteiger partial charge in [-0.2, -0.15) is 8.62 Å². The van der Waals surface area contributed by atoms with E-state index in [0.717, 1.165) is 0 Å². The van der Waals surface area contributed by atoms with Crippen molar-refractivity contribution in [3.05, 3.63) is 12.7 Å². The van der Waals surface area contributed by atoms with Crippen molar-refractivity contribution in [3.63, 3.8) is 0 Å². The minimum atomic E-state index is -5.67. The van der Waals surface area contributed by atoms with E-state index >= 15 is 0 Å². The molecule has 0 radical (unpaired) electrons. The molecule has 2 aromatic rings. The molecule has 1 aliphatic rings. The first-order valence-corrected chi connectivity index (χ1v) is 13.0. The van der Waals surface area contributed by atoms with Gasteiger partial charge in [-0.05, 0) is 0 Å². The SMILES string of the molecule is NCC1C(COP(=O)(O)OP(=O)(O)OP(=O)(O)O)OC(n2cnc3c(N)ncnc32)C1O. The molecule has 6 unspecified atom stereocenters. The second-order valence-corrected chi connectivity index (χ2v) is 10.8. The molecule has 180 valence electrons. The Morgan fingerprint density at radius 2 is 1.78 bits per heavy atom. The highest BCUT2D eigenvalue weighted by Crippen LogP contribution is 2.66. The van der Waals surface area contributed by atoms with Gasteiger partial charge in [0.1, 0.15) is 17.9 Å². The van der Waals surface area contributed by atoms with Gasteiger partial charge in [0.15, 0.2) is 17.7 Å². The van der Waals surface area contributed by atoms with Crippen molar-refractivity contribution in [1.82, 2.24) is 19.5 Å². The maximum Gasteiger partial charge on any atom is 0.490 e. The first kappa shape index (κ1) is 25.3. The molecule has 32 heavy (non-hydrogen) atoms. The number of aliphatic hydroxyl groups is 1. The Bertz CT molecular complexity index is 1120. The van der Waals surface area contributed by atoms with Crippen molar-refractivity contribution < 1.29 is 56.3 Å². The highest BCUT2D eigenvalue weighted by atomic mass is 31.3. The number of imidazole rings is 1. The van der Waals surface area contributed by atoms with Crippen molar-refractivity contribution in [1.29, 1.82) is 0 Å². The van der Waals surface area contributed by atoms with Gasteiger partial charge < -0.3 is 40.9 Å². The number of nitrogens with zero attached hydrogens (tertiary/aromatic N) is 4. The first-order chi connectivity index (χ1) is 14.7. The van der Waals surface area contributed by atoms with E-state index in [2.05, 4.69) is 28.1 Å². The minimum Gasteiger partial charge on any atom is -0.388 e. The van der Waals surface area contributed by atoms with Crippen LogP contribution in [0.2, 0.25) is 0 Å². The average molecular weight is 520 g/mol. The third kappa shape index (κ3) is 5.76. The number of aliphatic hydroxyl groups excluding tert-OH is 1. The summed E-state index contributed by atoms with van der Waals surface area (Å²) in [5.41, 5.74) is 11.8. The summed E-state index contributed by atoms with van der Waals surface area (Å²) in [7, 11) is -16.6. The molecule has 0 amide bonds. The lowest BCUT2D eigenvalue weighted by molar-refractivity contribution is -0.0486. The van der Waals surface area contributed by atoms with Crippen LogP contribution >= 0.6 is 23.5 Å². The number of anilines is 1. The number of phosphoric acid groups is 3. The summed E-state index contributed by atoms with van der Waals surface area (Å²) in [5.74, 6) is -0.760. The van der Waals surface area contributed by atoms with Crippen LogP contribution in [0.1, 0.15) is 6.23 Å². The van der Waals surface area contributed by atoms with Gasteiger partial charge in [-0.1, -0.05) is 0 Å². The third-order valence-electron chi connectivity index (χ3n) is 4.27. The molecule has 0 bridgehead atoms. The second kappa shape index (κ2) is 9.12. The molecule has 1 fully saturated rings.